The van der Waals surface area contributed by atoms with E-state index in [1.54, 1.807) is 0 Å². The fraction of sp³-hybridized carbons (Fsp3) is 0.900. The normalized spacial score (nSPS) is 20.3. The van der Waals surface area contributed by atoms with Crippen LogP contribution in [0.1, 0.15) is 13.3 Å². The number of nitrogens with zero attached hydrogens (tertiary/aromatic N) is 3. The minimum atomic E-state index is -4.20. The molecule has 1 aliphatic heterocycles. The SMILES string of the molecule is CCC(=NCC(F)(F)F)N1CCN(C)CC1. The van der Waals surface area contributed by atoms with Crippen LogP contribution in [0.2, 0.25) is 0 Å². The molecule has 1 aliphatic rings. The molecule has 6 heteroatoms. The summed E-state index contributed by atoms with van der Waals surface area (Å²) in [5, 5.41) is 0. The first-order chi connectivity index (χ1) is 7.42. The van der Waals surface area contributed by atoms with E-state index in [0.29, 0.717) is 12.3 Å². The second-order valence-corrected chi connectivity index (χ2v) is 3.99. The maximum atomic E-state index is 12.0. The minimum absolute atomic E-state index is 0.555. The summed E-state index contributed by atoms with van der Waals surface area (Å²) in [5.74, 6) is 0.574. The van der Waals surface area contributed by atoms with Gasteiger partial charge in [-0.3, -0.25) is 4.99 Å². The van der Waals surface area contributed by atoms with Crippen molar-refractivity contribution in [3.05, 3.63) is 0 Å². The Balaban J connectivity index is 2.53. The van der Waals surface area contributed by atoms with E-state index >= 15 is 0 Å². The molecular weight excluding hydrogens is 219 g/mol. The maximum absolute atomic E-state index is 12.0. The Hall–Kier alpha value is -0.780. The van der Waals surface area contributed by atoms with Crippen molar-refractivity contribution in [3.8, 4) is 0 Å². The molecule has 0 aromatic carbocycles. The molecule has 0 atom stereocenters. The van der Waals surface area contributed by atoms with Crippen molar-refractivity contribution in [2.75, 3.05) is 39.8 Å². The molecule has 1 fully saturated rings. The van der Waals surface area contributed by atoms with Crippen molar-refractivity contribution in [2.45, 2.75) is 19.5 Å². The molecule has 1 saturated heterocycles. The van der Waals surface area contributed by atoms with E-state index in [2.05, 4.69) is 9.89 Å². The molecule has 3 nitrogen and oxygen atoms in total. The van der Waals surface area contributed by atoms with Crippen LogP contribution in [-0.4, -0.2) is 61.6 Å². The number of halogens is 3. The monoisotopic (exact) mass is 237 g/mol. The molecule has 0 radical (unpaired) electrons. The van der Waals surface area contributed by atoms with Gasteiger partial charge in [0.25, 0.3) is 0 Å². The smallest absolute Gasteiger partial charge is 0.358 e. The Morgan fingerprint density at radius 3 is 2.19 bits per heavy atom. The van der Waals surface area contributed by atoms with E-state index in [0.717, 1.165) is 26.2 Å². The molecule has 0 amide bonds. The van der Waals surface area contributed by atoms with E-state index in [1.165, 1.54) is 0 Å². The van der Waals surface area contributed by atoms with Gasteiger partial charge in [0.05, 0.1) is 5.84 Å². The molecule has 0 unspecified atom stereocenters. The van der Waals surface area contributed by atoms with Crippen LogP contribution in [0.3, 0.4) is 0 Å². The van der Waals surface area contributed by atoms with E-state index in [9.17, 15) is 13.2 Å². The molecule has 0 spiro atoms. The fourth-order valence-corrected chi connectivity index (χ4v) is 1.68. The van der Waals surface area contributed by atoms with Crippen LogP contribution < -0.4 is 0 Å². The van der Waals surface area contributed by atoms with Gasteiger partial charge in [0.2, 0.25) is 0 Å². The third-order valence-electron chi connectivity index (χ3n) is 2.63. The number of hydrogen-bond donors (Lipinski definition) is 0. The van der Waals surface area contributed by atoms with Crippen LogP contribution >= 0.6 is 0 Å². The van der Waals surface area contributed by atoms with Crippen molar-refractivity contribution >= 4 is 5.84 Å². The summed E-state index contributed by atoms with van der Waals surface area (Å²) < 4.78 is 36.1. The van der Waals surface area contributed by atoms with Crippen molar-refractivity contribution in [3.63, 3.8) is 0 Å². The minimum Gasteiger partial charge on any atom is -0.358 e. The number of piperazine rings is 1. The van der Waals surface area contributed by atoms with Gasteiger partial charge in [-0.05, 0) is 7.05 Å². The van der Waals surface area contributed by atoms with Gasteiger partial charge in [-0.1, -0.05) is 6.92 Å². The highest BCUT2D eigenvalue weighted by molar-refractivity contribution is 5.82. The molecule has 0 aromatic rings. The largest absolute Gasteiger partial charge is 0.408 e. The summed E-state index contributed by atoms with van der Waals surface area (Å²) in [5.41, 5.74) is 0. The number of amidine groups is 1. The first-order valence-corrected chi connectivity index (χ1v) is 5.46. The zero-order valence-corrected chi connectivity index (χ0v) is 9.72. The number of likely N-dealkylation sites (N-methyl/N-ethyl adjacent to an activating group) is 1. The van der Waals surface area contributed by atoms with Gasteiger partial charge in [0.1, 0.15) is 6.54 Å². The topological polar surface area (TPSA) is 18.8 Å². The lowest BCUT2D eigenvalue weighted by atomic mass is 10.3. The molecule has 0 bridgehead atoms. The van der Waals surface area contributed by atoms with Crippen molar-refractivity contribution in [2.24, 2.45) is 4.99 Å². The van der Waals surface area contributed by atoms with Gasteiger partial charge in [-0.2, -0.15) is 13.2 Å². The number of hydrogen-bond acceptors (Lipinski definition) is 2. The predicted molar refractivity (Wildman–Crippen MR) is 57.7 cm³/mol. The highest BCUT2D eigenvalue weighted by Gasteiger charge is 2.27. The third-order valence-corrected chi connectivity index (χ3v) is 2.63. The zero-order chi connectivity index (χ0) is 12.2. The Kier molecular flexibility index (Phi) is 4.58. The molecule has 0 aliphatic carbocycles. The lowest BCUT2D eigenvalue weighted by molar-refractivity contribution is -0.118. The predicted octanol–water partition coefficient (Wildman–Crippen LogP) is 1.60. The molecular formula is C10H18F3N3. The van der Waals surface area contributed by atoms with E-state index in [1.807, 2.05) is 18.9 Å². The summed E-state index contributed by atoms with van der Waals surface area (Å²) >= 11 is 0. The average molecular weight is 237 g/mol. The second kappa shape index (κ2) is 5.52. The quantitative estimate of drug-likeness (QED) is 0.536. The molecule has 0 aromatic heterocycles. The summed E-state index contributed by atoms with van der Waals surface area (Å²) in [4.78, 5) is 7.77. The van der Waals surface area contributed by atoms with Crippen LogP contribution in [0.5, 0.6) is 0 Å². The summed E-state index contributed by atoms with van der Waals surface area (Å²) in [7, 11) is 2.01. The average Bonchev–Trinajstić information content (AvgIpc) is 2.20. The molecule has 0 saturated carbocycles. The maximum Gasteiger partial charge on any atom is 0.408 e. The summed E-state index contributed by atoms with van der Waals surface area (Å²) in [6, 6.07) is 0. The van der Waals surface area contributed by atoms with Gasteiger partial charge in [0, 0.05) is 32.6 Å². The molecule has 0 N–H and O–H groups in total. The van der Waals surface area contributed by atoms with Crippen molar-refractivity contribution < 1.29 is 13.2 Å². The number of rotatable bonds is 2. The lowest BCUT2D eigenvalue weighted by Gasteiger charge is -2.34. The van der Waals surface area contributed by atoms with Crippen LogP contribution in [0.15, 0.2) is 4.99 Å². The van der Waals surface area contributed by atoms with Gasteiger partial charge in [-0.15, -0.1) is 0 Å². The molecule has 1 rings (SSSR count). The van der Waals surface area contributed by atoms with Crippen LogP contribution in [-0.2, 0) is 0 Å². The zero-order valence-electron chi connectivity index (χ0n) is 9.72. The Bertz CT molecular complexity index is 242. The highest BCUT2D eigenvalue weighted by atomic mass is 19.4. The lowest BCUT2D eigenvalue weighted by Crippen LogP contribution is -2.47. The van der Waals surface area contributed by atoms with Gasteiger partial charge >= 0.3 is 6.18 Å². The summed E-state index contributed by atoms with van der Waals surface area (Å²) in [6.45, 7) is 4.06. The van der Waals surface area contributed by atoms with Crippen molar-refractivity contribution in [1.29, 1.82) is 0 Å². The van der Waals surface area contributed by atoms with Crippen LogP contribution in [0, 0.1) is 0 Å². The molecule has 94 valence electrons. The van der Waals surface area contributed by atoms with E-state index < -0.39 is 12.7 Å². The third kappa shape index (κ3) is 4.38. The van der Waals surface area contributed by atoms with Gasteiger partial charge < -0.3 is 9.80 Å². The highest BCUT2D eigenvalue weighted by Crippen LogP contribution is 2.15. The first-order valence-electron chi connectivity index (χ1n) is 5.46. The molecule has 16 heavy (non-hydrogen) atoms. The van der Waals surface area contributed by atoms with Crippen LogP contribution in [0.25, 0.3) is 0 Å². The second-order valence-electron chi connectivity index (χ2n) is 3.99. The molecule has 1 heterocycles. The first kappa shape index (κ1) is 13.3. The standard InChI is InChI=1S/C10H18F3N3/c1-3-9(14-8-10(11,12)13)16-6-4-15(2)5-7-16/h3-8H2,1-2H3. The fourth-order valence-electron chi connectivity index (χ4n) is 1.68. The van der Waals surface area contributed by atoms with E-state index in [-0.39, 0.29) is 0 Å². The van der Waals surface area contributed by atoms with Crippen LogP contribution in [0.4, 0.5) is 13.2 Å². The Morgan fingerprint density at radius 1 is 1.19 bits per heavy atom. The van der Waals surface area contributed by atoms with Crippen molar-refractivity contribution in [1.82, 2.24) is 9.80 Å². The van der Waals surface area contributed by atoms with Gasteiger partial charge in [0.15, 0.2) is 0 Å². The van der Waals surface area contributed by atoms with E-state index in [4.69, 9.17) is 0 Å². The Labute approximate surface area is 93.9 Å². The number of aliphatic imine (C=N–C) groups is 1. The summed E-state index contributed by atoms with van der Waals surface area (Å²) in [6.07, 6.45) is -3.65. The van der Waals surface area contributed by atoms with Gasteiger partial charge in [-0.25, -0.2) is 0 Å². The number of alkyl halides is 3. The Morgan fingerprint density at radius 2 is 1.75 bits per heavy atom.